The summed E-state index contributed by atoms with van der Waals surface area (Å²) in [7, 11) is 0. The Labute approximate surface area is 187 Å². The normalized spacial score (nSPS) is 15.7. The predicted octanol–water partition coefficient (Wildman–Crippen LogP) is 9.46. The molecule has 0 aliphatic rings. The van der Waals surface area contributed by atoms with Crippen LogP contribution in [0.15, 0.2) is 36.4 Å². The van der Waals surface area contributed by atoms with Gasteiger partial charge in [0.15, 0.2) is 0 Å². The molecule has 0 fully saturated rings. The highest BCUT2D eigenvalue weighted by molar-refractivity contribution is 5.44. The van der Waals surface area contributed by atoms with Crippen LogP contribution < -0.4 is 0 Å². The minimum atomic E-state index is 0.160. The van der Waals surface area contributed by atoms with Crippen molar-refractivity contribution in [2.24, 2.45) is 0 Å². The molecule has 0 heterocycles. The summed E-state index contributed by atoms with van der Waals surface area (Å²) in [5.74, 6) is 1.57. The Balaban J connectivity index is 2.65. The molecule has 0 bridgehead atoms. The van der Waals surface area contributed by atoms with Crippen LogP contribution in [0, 0.1) is 0 Å². The second-order valence-electron chi connectivity index (χ2n) is 11.6. The third-order valence-electron chi connectivity index (χ3n) is 7.05. The number of hydrogen-bond acceptors (Lipinski definition) is 0. The lowest BCUT2D eigenvalue weighted by atomic mass is 9.78. The Morgan fingerprint density at radius 3 is 1.10 bits per heavy atom. The molecule has 0 saturated carbocycles. The largest absolute Gasteiger partial charge is 0.0648 e. The summed E-state index contributed by atoms with van der Waals surface area (Å²) in [6.45, 7) is 25.7. The lowest BCUT2D eigenvalue weighted by molar-refractivity contribution is 0.584. The van der Waals surface area contributed by atoms with Crippen LogP contribution in [-0.4, -0.2) is 0 Å². The second kappa shape index (κ2) is 9.29. The molecule has 30 heavy (non-hydrogen) atoms. The zero-order valence-electron chi connectivity index (χ0n) is 21.6. The van der Waals surface area contributed by atoms with E-state index in [1.807, 2.05) is 0 Å². The Kier molecular flexibility index (Phi) is 7.65. The first-order valence-corrected chi connectivity index (χ1v) is 12.1. The first-order chi connectivity index (χ1) is 13.8. The van der Waals surface area contributed by atoms with Gasteiger partial charge in [0, 0.05) is 5.92 Å². The summed E-state index contributed by atoms with van der Waals surface area (Å²) in [5.41, 5.74) is 9.12. The van der Waals surface area contributed by atoms with Crippen LogP contribution in [0.1, 0.15) is 140 Å². The van der Waals surface area contributed by atoms with Gasteiger partial charge in [0.2, 0.25) is 0 Å². The van der Waals surface area contributed by atoms with Gasteiger partial charge in [-0.25, -0.2) is 0 Å². The maximum Gasteiger partial charge on any atom is 0.00614 e. The predicted molar refractivity (Wildman–Crippen MR) is 135 cm³/mol. The van der Waals surface area contributed by atoms with Gasteiger partial charge in [-0.2, -0.15) is 0 Å². The van der Waals surface area contributed by atoms with Gasteiger partial charge in [-0.3, -0.25) is 0 Å². The van der Waals surface area contributed by atoms with Gasteiger partial charge < -0.3 is 0 Å². The smallest absolute Gasteiger partial charge is 0.00614 e. The van der Waals surface area contributed by atoms with Crippen LogP contribution >= 0.6 is 0 Å². The summed E-state index contributed by atoms with van der Waals surface area (Å²) >= 11 is 0. The van der Waals surface area contributed by atoms with Gasteiger partial charge in [-0.05, 0) is 68.9 Å². The van der Waals surface area contributed by atoms with Crippen molar-refractivity contribution in [3.63, 3.8) is 0 Å². The molecule has 0 radical (unpaired) electrons. The molecule has 2 aromatic carbocycles. The maximum absolute atomic E-state index is 2.47. The van der Waals surface area contributed by atoms with E-state index in [-0.39, 0.29) is 10.8 Å². The highest BCUT2D eigenvalue weighted by atomic mass is 14.3. The highest BCUT2D eigenvalue weighted by Crippen LogP contribution is 2.36. The Morgan fingerprint density at radius 1 is 0.533 bits per heavy atom. The Morgan fingerprint density at radius 2 is 0.833 bits per heavy atom. The van der Waals surface area contributed by atoms with Crippen molar-refractivity contribution in [1.82, 2.24) is 0 Å². The van der Waals surface area contributed by atoms with Crippen molar-refractivity contribution in [2.45, 2.75) is 118 Å². The Bertz CT molecular complexity index is 770. The fraction of sp³-hybridized carbons (Fsp3) is 0.600. The van der Waals surface area contributed by atoms with E-state index in [4.69, 9.17) is 0 Å². The van der Waals surface area contributed by atoms with Crippen molar-refractivity contribution in [3.05, 3.63) is 69.8 Å². The van der Waals surface area contributed by atoms with E-state index in [0.29, 0.717) is 17.8 Å². The van der Waals surface area contributed by atoms with Crippen LogP contribution in [-0.2, 0) is 10.8 Å². The summed E-state index contributed by atoms with van der Waals surface area (Å²) in [5, 5.41) is 0. The summed E-state index contributed by atoms with van der Waals surface area (Å²) in [6.07, 6.45) is 2.36. The molecule has 0 amide bonds. The van der Waals surface area contributed by atoms with Crippen LogP contribution in [0.2, 0.25) is 0 Å². The van der Waals surface area contributed by atoms with E-state index >= 15 is 0 Å². The van der Waals surface area contributed by atoms with Crippen molar-refractivity contribution >= 4 is 0 Å². The van der Waals surface area contributed by atoms with Crippen LogP contribution in [0.5, 0.6) is 0 Å². The van der Waals surface area contributed by atoms with Crippen molar-refractivity contribution in [1.29, 1.82) is 0 Å². The molecule has 0 nitrogen and oxygen atoms in total. The van der Waals surface area contributed by atoms with Crippen molar-refractivity contribution < 1.29 is 0 Å². The molecule has 0 heteroatoms. The standard InChI is InChI=1S/C30H46/c1-12-20(3)23-14-25(18-27(16-23)29(6,7)8)22(5)26-15-24(21(4)13-2)17-28(19-26)30(9,10)11/h14-22H,12-13H2,1-11H3. The number of benzene rings is 2. The number of rotatable bonds is 6. The van der Waals surface area contributed by atoms with Gasteiger partial charge >= 0.3 is 0 Å². The second-order valence-corrected chi connectivity index (χ2v) is 11.6. The minimum absolute atomic E-state index is 0.160. The fourth-order valence-electron chi connectivity index (χ4n) is 3.95. The lowest BCUT2D eigenvalue weighted by Crippen LogP contribution is -2.15. The quantitative estimate of drug-likeness (QED) is 0.448. The highest BCUT2D eigenvalue weighted by Gasteiger charge is 2.22. The summed E-state index contributed by atoms with van der Waals surface area (Å²) < 4.78 is 0. The van der Waals surface area contributed by atoms with Gasteiger partial charge in [0.25, 0.3) is 0 Å². The molecule has 0 N–H and O–H groups in total. The van der Waals surface area contributed by atoms with Gasteiger partial charge in [-0.1, -0.05) is 113 Å². The van der Waals surface area contributed by atoms with E-state index < -0.39 is 0 Å². The minimum Gasteiger partial charge on any atom is -0.0648 e. The molecule has 0 aromatic heterocycles. The first kappa shape index (κ1) is 24.7. The first-order valence-electron chi connectivity index (χ1n) is 12.1. The molecular formula is C30H46. The maximum atomic E-state index is 2.47. The monoisotopic (exact) mass is 406 g/mol. The Hall–Kier alpha value is -1.56. The molecule has 2 unspecified atom stereocenters. The fourth-order valence-corrected chi connectivity index (χ4v) is 3.95. The zero-order valence-corrected chi connectivity index (χ0v) is 21.6. The molecule has 0 aliphatic carbocycles. The molecule has 0 saturated heterocycles. The van der Waals surface area contributed by atoms with Gasteiger partial charge in [0.1, 0.15) is 0 Å². The zero-order chi connectivity index (χ0) is 22.9. The van der Waals surface area contributed by atoms with E-state index in [1.165, 1.54) is 46.2 Å². The molecule has 2 rings (SSSR count). The average molecular weight is 407 g/mol. The molecular weight excluding hydrogens is 360 g/mol. The third kappa shape index (κ3) is 5.77. The van der Waals surface area contributed by atoms with Crippen LogP contribution in [0.3, 0.4) is 0 Å². The van der Waals surface area contributed by atoms with Crippen molar-refractivity contribution in [3.8, 4) is 0 Å². The van der Waals surface area contributed by atoms with Crippen LogP contribution in [0.4, 0.5) is 0 Å². The molecule has 0 aliphatic heterocycles. The third-order valence-corrected chi connectivity index (χ3v) is 7.05. The molecule has 2 atom stereocenters. The SMILES string of the molecule is CCC(C)c1cc(C(C)c2cc(C(C)CC)cc(C(C)(C)C)c2)cc(C(C)(C)C)c1. The summed E-state index contributed by atoms with van der Waals surface area (Å²) in [6, 6.07) is 14.8. The summed E-state index contributed by atoms with van der Waals surface area (Å²) in [4.78, 5) is 0. The van der Waals surface area contributed by atoms with E-state index in [0.717, 1.165) is 0 Å². The van der Waals surface area contributed by atoms with E-state index in [9.17, 15) is 0 Å². The average Bonchev–Trinajstić information content (AvgIpc) is 2.69. The molecule has 2 aromatic rings. The van der Waals surface area contributed by atoms with E-state index in [2.05, 4.69) is 113 Å². The lowest BCUT2D eigenvalue weighted by Gasteiger charge is -2.27. The molecule has 0 spiro atoms. The van der Waals surface area contributed by atoms with Crippen LogP contribution in [0.25, 0.3) is 0 Å². The van der Waals surface area contributed by atoms with Crippen molar-refractivity contribution in [2.75, 3.05) is 0 Å². The molecule has 166 valence electrons. The number of hydrogen-bond donors (Lipinski definition) is 0. The van der Waals surface area contributed by atoms with E-state index in [1.54, 1.807) is 0 Å². The topological polar surface area (TPSA) is 0 Å². The van der Waals surface area contributed by atoms with Gasteiger partial charge in [0.05, 0.1) is 0 Å². The van der Waals surface area contributed by atoms with Gasteiger partial charge in [-0.15, -0.1) is 0 Å².